The Morgan fingerprint density at radius 3 is 2.65 bits per heavy atom. The number of nitrogens with zero attached hydrogens (tertiary/aromatic N) is 1. The SMILES string of the molecule is CC[C@@H]1OC(n2ccc(=O)[nH]c2=O)C(O)C1O. The molecule has 1 aromatic heterocycles. The first-order valence-electron chi connectivity index (χ1n) is 5.37. The van der Waals surface area contributed by atoms with E-state index in [4.69, 9.17) is 4.74 Å². The molecule has 1 aliphatic heterocycles. The highest BCUT2D eigenvalue weighted by Crippen LogP contribution is 2.29. The second kappa shape index (κ2) is 4.44. The Hall–Kier alpha value is -1.44. The van der Waals surface area contributed by atoms with E-state index in [2.05, 4.69) is 4.98 Å². The van der Waals surface area contributed by atoms with Gasteiger partial charge in [-0.3, -0.25) is 14.3 Å². The van der Waals surface area contributed by atoms with Gasteiger partial charge in [-0.05, 0) is 6.42 Å². The third kappa shape index (κ3) is 2.04. The van der Waals surface area contributed by atoms with Crippen molar-refractivity contribution in [3.05, 3.63) is 33.1 Å². The Kier molecular flexibility index (Phi) is 3.14. The lowest BCUT2D eigenvalue weighted by atomic mass is 10.1. The van der Waals surface area contributed by atoms with Crippen LogP contribution < -0.4 is 11.2 Å². The van der Waals surface area contributed by atoms with Crippen molar-refractivity contribution in [2.24, 2.45) is 0 Å². The molecule has 17 heavy (non-hydrogen) atoms. The molecule has 94 valence electrons. The third-order valence-electron chi connectivity index (χ3n) is 2.86. The van der Waals surface area contributed by atoms with Crippen molar-refractivity contribution in [3.8, 4) is 0 Å². The molecule has 0 aromatic carbocycles. The smallest absolute Gasteiger partial charge is 0.330 e. The van der Waals surface area contributed by atoms with Crippen LogP contribution in [-0.2, 0) is 4.74 Å². The van der Waals surface area contributed by atoms with Gasteiger partial charge in [-0.25, -0.2) is 4.79 Å². The van der Waals surface area contributed by atoms with E-state index in [1.807, 2.05) is 0 Å². The number of hydrogen-bond donors (Lipinski definition) is 3. The van der Waals surface area contributed by atoms with Crippen molar-refractivity contribution in [1.29, 1.82) is 0 Å². The van der Waals surface area contributed by atoms with Crippen LogP contribution in [0.1, 0.15) is 19.6 Å². The van der Waals surface area contributed by atoms with Gasteiger partial charge in [0, 0.05) is 12.3 Å². The van der Waals surface area contributed by atoms with E-state index in [-0.39, 0.29) is 0 Å². The quantitative estimate of drug-likeness (QED) is 0.589. The molecule has 1 aromatic rings. The normalized spacial score (nSPS) is 32.9. The fraction of sp³-hybridized carbons (Fsp3) is 0.600. The van der Waals surface area contributed by atoms with Crippen LogP contribution >= 0.6 is 0 Å². The fourth-order valence-corrected chi connectivity index (χ4v) is 1.92. The number of H-pyrrole nitrogens is 1. The number of aromatic amines is 1. The van der Waals surface area contributed by atoms with Crippen molar-refractivity contribution in [2.75, 3.05) is 0 Å². The Balaban J connectivity index is 2.35. The number of aliphatic hydroxyl groups excluding tert-OH is 2. The largest absolute Gasteiger partial charge is 0.388 e. The second-order valence-electron chi connectivity index (χ2n) is 3.97. The third-order valence-corrected chi connectivity index (χ3v) is 2.86. The van der Waals surface area contributed by atoms with Crippen LogP contribution in [-0.4, -0.2) is 38.1 Å². The van der Waals surface area contributed by atoms with Gasteiger partial charge < -0.3 is 14.9 Å². The first-order valence-corrected chi connectivity index (χ1v) is 5.37. The summed E-state index contributed by atoms with van der Waals surface area (Å²) in [6.07, 6.45) is -1.97. The minimum Gasteiger partial charge on any atom is -0.388 e. The van der Waals surface area contributed by atoms with Crippen molar-refractivity contribution >= 4 is 0 Å². The first kappa shape index (κ1) is 12.0. The van der Waals surface area contributed by atoms with Gasteiger partial charge in [0.15, 0.2) is 6.23 Å². The highest BCUT2D eigenvalue weighted by molar-refractivity contribution is 4.92. The molecule has 0 amide bonds. The van der Waals surface area contributed by atoms with Crippen molar-refractivity contribution in [2.45, 2.75) is 37.9 Å². The van der Waals surface area contributed by atoms with Crippen LogP contribution in [0.5, 0.6) is 0 Å². The van der Waals surface area contributed by atoms with Crippen LogP contribution in [0.3, 0.4) is 0 Å². The summed E-state index contributed by atoms with van der Waals surface area (Å²) in [6, 6.07) is 1.16. The number of rotatable bonds is 2. The monoisotopic (exact) mass is 242 g/mol. The van der Waals surface area contributed by atoms with Crippen LogP contribution in [0, 0.1) is 0 Å². The number of nitrogens with one attached hydrogen (secondary N) is 1. The van der Waals surface area contributed by atoms with Crippen molar-refractivity contribution < 1.29 is 14.9 Å². The lowest BCUT2D eigenvalue weighted by Gasteiger charge is -2.16. The number of ether oxygens (including phenoxy) is 1. The Labute approximate surface area is 96.3 Å². The maximum absolute atomic E-state index is 11.5. The summed E-state index contributed by atoms with van der Waals surface area (Å²) < 4.78 is 6.44. The minimum atomic E-state index is -1.19. The van der Waals surface area contributed by atoms with Gasteiger partial charge in [-0.2, -0.15) is 0 Å². The molecular formula is C10H14N2O5. The fourth-order valence-electron chi connectivity index (χ4n) is 1.92. The molecule has 4 atom stereocenters. The summed E-state index contributed by atoms with van der Waals surface area (Å²) >= 11 is 0. The zero-order valence-corrected chi connectivity index (χ0v) is 9.24. The summed E-state index contributed by atoms with van der Waals surface area (Å²) in [5.41, 5.74) is -1.20. The molecule has 1 aliphatic rings. The van der Waals surface area contributed by atoms with E-state index < -0.39 is 35.8 Å². The van der Waals surface area contributed by atoms with Gasteiger partial charge in [0.2, 0.25) is 0 Å². The highest BCUT2D eigenvalue weighted by Gasteiger charge is 2.42. The van der Waals surface area contributed by atoms with Gasteiger partial charge in [0.1, 0.15) is 12.2 Å². The topological polar surface area (TPSA) is 105 Å². The average molecular weight is 242 g/mol. The zero-order chi connectivity index (χ0) is 12.6. The summed E-state index contributed by atoms with van der Waals surface area (Å²) in [7, 11) is 0. The van der Waals surface area contributed by atoms with Crippen LogP contribution in [0.15, 0.2) is 21.9 Å². The maximum Gasteiger partial charge on any atom is 0.330 e. The predicted molar refractivity (Wildman–Crippen MR) is 57.5 cm³/mol. The number of aliphatic hydroxyl groups is 2. The Morgan fingerprint density at radius 1 is 1.41 bits per heavy atom. The Bertz CT molecular complexity index is 508. The zero-order valence-electron chi connectivity index (χ0n) is 9.24. The molecule has 2 heterocycles. The van der Waals surface area contributed by atoms with E-state index in [1.54, 1.807) is 6.92 Å². The standard InChI is InChI=1S/C10H14N2O5/c1-2-5-7(14)8(15)9(17-5)12-4-3-6(13)11-10(12)16/h3-5,7-9,14-15H,2H2,1H3,(H,11,13,16)/t5-,7?,8?,9?/m0/s1. The van der Waals surface area contributed by atoms with Gasteiger partial charge in [0.25, 0.3) is 5.56 Å². The van der Waals surface area contributed by atoms with Gasteiger partial charge in [-0.15, -0.1) is 0 Å². The number of hydrogen-bond acceptors (Lipinski definition) is 5. The average Bonchev–Trinajstić information content (AvgIpc) is 2.57. The molecule has 3 unspecified atom stereocenters. The molecule has 0 bridgehead atoms. The molecule has 3 N–H and O–H groups in total. The van der Waals surface area contributed by atoms with Crippen molar-refractivity contribution in [3.63, 3.8) is 0 Å². The summed E-state index contributed by atoms with van der Waals surface area (Å²) in [5.74, 6) is 0. The summed E-state index contributed by atoms with van der Waals surface area (Å²) in [6.45, 7) is 1.80. The van der Waals surface area contributed by atoms with E-state index in [1.165, 1.54) is 6.20 Å². The van der Waals surface area contributed by atoms with Crippen LogP contribution in [0.25, 0.3) is 0 Å². The minimum absolute atomic E-state index is 0.520. The second-order valence-corrected chi connectivity index (χ2v) is 3.97. The van der Waals surface area contributed by atoms with E-state index >= 15 is 0 Å². The molecule has 7 heteroatoms. The molecule has 0 radical (unpaired) electrons. The maximum atomic E-state index is 11.5. The van der Waals surface area contributed by atoms with E-state index in [0.717, 1.165) is 10.6 Å². The van der Waals surface area contributed by atoms with Gasteiger partial charge in [0.05, 0.1) is 6.10 Å². The van der Waals surface area contributed by atoms with E-state index in [0.29, 0.717) is 6.42 Å². The highest BCUT2D eigenvalue weighted by atomic mass is 16.6. The lowest BCUT2D eigenvalue weighted by Crippen LogP contribution is -2.37. The van der Waals surface area contributed by atoms with Crippen LogP contribution in [0.4, 0.5) is 0 Å². The molecule has 0 saturated carbocycles. The summed E-state index contributed by atoms with van der Waals surface area (Å²) in [4.78, 5) is 24.5. The molecule has 1 saturated heterocycles. The van der Waals surface area contributed by atoms with Crippen molar-refractivity contribution in [1.82, 2.24) is 9.55 Å². The van der Waals surface area contributed by atoms with Gasteiger partial charge >= 0.3 is 5.69 Å². The predicted octanol–water partition coefficient (Wildman–Crippen LogP) is -1.43. The van der Waals surface area contributed by atoms with Crippen LogP contribution in [0.2, 0.25) is 0 Å². The molecule has 1 fully saturated rings. The van der Waals surface area contributed by atoms with E-state index in [9.17, 15) is 19.8 Å². The summed E-state index contributed by atoms with van der Waals surface area (Å²) in [5, 5.41) is 19.5. The molecule has 7 nitrogen and oxygen atoms in total. The Morgan fingerprint density at radius 2 is 2.12 bits per heavy atom. The number of aromatic nitrogens is 2. The van der Waals surface area contributed by atoms with Gasteiger partial charge in [-0.1, -0.05) is 6.92 Å². The molecular weight excluding hydrogens is 228 g/mol. The first-order chi connectivity index (χ1) is 8.04. The molecule has 0 aliphatic carbocycles. The molecule has 2 rings (SSSR count). The molecule has 0 spiro atoms. The lowest BCUT2D eigenvalue weighted by molar-refractivity contribution is -0.0405.